The highest BCUT2D eigenvalue weighted by Gasteiger charge is 2.30. The molecular weight excluding hydrogens is 444 g/mol. The average molecular weight is 467 g/mol. The Morgan fingerprint density at radius 3 is 2.77 bits per heavy atom. The lowest BCUT2D eigenvalue weighted by molar-refractivity contribution is -0.125. The summed E-state index contributed by atoms with van der Waals surface area (Å²) in [6.07, 6.45) is -0.227. The molecule has 2 heterocycles. The number of nitrogens with zero attached hydrogens (tertiary/aromatic N) is 3. The summed E-state index contributed by atoms with van der Waals surface area (Å²) in [7, 11) is 0. The number of aromatic nitrogens is 2. The summed E-state index contributed by atoms with van der Waals surface area (Å²) in [5.41, 5.74) is 6.54. The molecule has 154 valence electrons. The Hall–Kier alpha value is -2.93. The Kier molecular flexibility index (Phi) is 5.72. The Balaban J connectivity index is 1.45. The van der Waals surface area contributed by atoms with Crippen LogP contribution in [-0.2, 0) is 16.2 Å². The molecule has 0 unspecified atom stereocenters. The monoisotopic (exact) mass is 466 g/mol. The lowest BCUT2D eigenvalue weighted by Crippen LogP contribution is -2.28. The van der Waals surface area contributed by atoms with Gasteiger partial charge in [-0.3, -0.25) is 9.48 Å². The van der Waals surface area contributed by atoms with E-state index in [-0.39, 0.29) is 5.91 Å². The minimum Gasteiger partial charge on any atom is -0.382 e. The van der Waals surface area contributed by atoms with Crippen LogP contribution in [0.2, 0.25) is 0 Å². The van der Waals surface area contributed by atoms with Gasteiger partial charge in [0.25, 0.3) is 5.91 Å². The molecule has 2 aromatic carbocycles. The summed E-state index contributed by atoms with van der Waals surface area (Å²) in [5.74, 6) is -0.217. The quantitative estimate of drug-likeness (QED) is 0.589. The van der Waals surface area contributed by atoms with Gasteiger partial charge in [-0.25, -0.2) is 0 Å². The van der Waals surface area contributed by atoms with Crippen molar-refractivity contribution in [3.63, 3.8) is 0 Å². The van der Waals surface area contributed by atoms with E-state index in [0.29, 0.717) is 13.0 Å². The number of halogens is 1. The molecule has 4 rings (SSSR count). The van der Waals surface area contributed by atoms with E-state index >= 15 is 0 Å². The topological polar surface area (TPSA) is 68.5 Å². The van der Waals surface area contributed by atoms with Crippen molar-refractivity contribution in [1.29, 1.82) is 0 Å². The third kappa shape index (κ3) is 4.16. The third-order valence-electron chi connectivity index (χ3n) is 5.33. The molecule has 0 radical (unpaired) electrons. The standard InChI is InChI=1S/C23H23BrN4O2/c1-14-7-4-5-8-18(14)13-28-16(3)22(15(2)26-28)25-23(29)21-12-20(27-30-21)17-9-6-10-19(24)11-17/h4-11,21H,12-13H2,1-3H3,(H,25,29)/t21-/m1/s1. The van der Waals surface area contributed by atoms with Crippen LogP contribution < -0.4 is 5.32 Å². The molecule has 7 heteroatoms. The smallest absolute Gasteiger partial charge is 0.268 e. The van der Waals surface area contributed by atoms with Gasteiger partial charge in [-0.15, -0.1) is 0 Å². The van der Waals surface area contributed by atoms with Gasteiger partial charge in [0.2, 0.25) is 6.10 Å². The second-order valence-electron chi connectivity index (χ2n) is 7.47. The maximum absolute atomic E-state index is 12.8. The van der Waals surface area contributed by atoms with Crippen molar-refractivity contribution in [2.75, 3.05) is 5.32 Å². The van der Waals surface area contributed by atoms with Crippen molar-refractivity contribution in [3.8, 4) is 0 Å². The van der Waals surface area contributed by atoms with Crippen molar-refractivity contribution in [2.24, 2.45) is 5.16 Å². The number of nitrogens with one attached hydrogen (secondary N) is 1. The summed E-state index contributed by atoms with van der Waals surface area (Å²) >= 11 is 3.46. The molecule has 30 heavy (non-hydrogen) atoms. The largest absolute Gasteiger partial charge is 0.382 e. The number of oxime groups is 1. The zero-order chi connectivity index (χ0) is 21.3. The maximum atomic E-state index is 12.8. The molecule has 1 aliphatic heterocycles. The third-order valence-corrected chi connectivity index (χ3v) is 5.82. The van der Waals surface area contributed by atoms with E-state index in [1.54, 1.807) is 0 Å². The van der Waals surface area contributed by atoms with Crippen LogP contribution in [0.4, 0.5) is 5.69 Å². The van der Waals surface area contributed by atoms with E-state index in [9.17, 15) is 4.79 Å². The first-order valence-corrected chi connectivity index (χ1v) is 10.6. The van der Waals surface area contributed by atoms with E-state index in [2.05, 4.69) is 50.6 Å². The van der Waals surface area contributed by atoms with Crippen molar-refractivity contribution >= 4 is 33.2 Å². The molecule has 0 saturated heterocycles. The number of hydrogen-bond donors (Lipinski definition) is 1. The molecule has 1 aromatic heterocycles. The first kappa shape index (κ1) is 20.3. The van der Waals surface area contributed by atoms with Crippen LogP contribution in [0.25, 0.3) is 0 Å². The molecule has 3 aromatic rings. The molecule has 1 N–H and O–H groups in total. The van der Waals surface area contributed by atoms with Gasteiger partial charge in [-0.05, 0) is 44.0 Å². The average Bonchev–Trinajstić information content (AvgIpc) is 3.31. The lowest BCUT2D eigenvalue weighted by atomic mass is 10.0. The molecule has 6 nitrogen and oxygen atoms in total. The van der Waals surface area contributed by atoms with Crippen molar-refractivity contribution in [1.82, 2.24) is 9.78 Å². The normalized spacial score (nSPS) is 15.6. The molecule has 1 atom stereocenters. The summed E-state index contributed by atoms with van der Waals surface area (Å²) in [6.45, 7) is 6.61. The summed E-state index contributed by atoms with van der Waals surface area (Å²) in [5, 5.41) is 11.7. The Morgan fingerprint density at radius 2 is 2.00 bits per heavy atom. The number of amides is 1. The van der Waals surface area contributed by atoms with Crippen LogP contribution in [0.5, 0.6) is 0 Å². The minimum atomic E-state index is -0.655. The molecule has 0 spiro atoms. The van der Waals surface area contributed by atoms with Crippen molar-refractivity contribution < 1.29 is 9.63 Å². The van der Waals surface area contributed by atoms with Crippen molar-refractivity contribution in [2.45, 2.75) is 39.8 Å². The number of carbonyl (C=O) groups excluding carboxylic acids is 1. The fraction of sp³-hybridized carbons (Fsp3) is 0.261. The summed E-state index contributed by atoms with van der Waals surface area (Å²) < 4.78 is 2.88. The Bertz CT molecular complexity index is 1140. The Morgan fingerprint density at radius 1 is 1.20 bits per heavy atom. The zero-order valence-corrected chi connectivity index (χ0v) is 18.7. The highest BCUT2D eigenvalue weighted by atomic mass is 79.9. The molecule has 1 amide bonds. The second kappa shape index (κ2) is 8.44. The van der Waals surface area contributed by atoms with Gasteiger partial charge in [0, 0.05) is 16.5 Å². The van der Waals surface area contributed by atoms with Crippen molar-refractivity contribution in [3.05, 3.63) is 81.1 Å². The van der Waals surface area contributed by atoms with Crippen LogP contribution in [0.1, 0.15) is 34.5 Å². The van der Waals surface area contributed by atoms with E-state index < -0.39 is 6.10 Å². The van der Waals surface area contributed by atoms with Gasteiger partial charge in [-0.1, -0.05) is 57.5 Å². The van der Waals surface area contributed by atoms with Gasteiger partial charge in [0.1, 0.15) is 0 Å². The van der Waals surface area contributed by atoms with Crippen LogP contribution >= 0.6 is 15.9 Å². The SMILES string of the molecule is Cc1ccccc1Cn1nc(C)c(NC(=O)[C@H]2CC(c3cccc(Br)c3)=NO2)c1C. The lowest BCUT2D eigenvalue weighted by Gasteiger charge is -2.11. The number of carbonyl (C=O) groups is 1. The summed E-state index contributed by atoms with van der Waals surface area (Å²) in [6, 6.07) is 16.0. The number of aryl methyl sites for hydroxylation is 2. The van der Waals surface area contributed by atoms with Crippen LogP contribution in [-0.4, -0.2) is 27.5 Å². The highest BCUT2D eigenvalue weighted by Crippen LogP contribution is 2.24. The molecule has 1 aliphatic rings. The predicted molar refractivity (Wildman–Crippen MR) is 121 cm³/mol. The fourth-order valence-electron chi connectivity index (χ4n) is 3.54. The number of benzene rings is 2. The van der Waals surface area contributed by atoms with Gasteiger partial charge in [-0.2, -0.15) is 5.10 Å². The molecule has 0 bridgehead atoms. The minimum absolute atomic E-state index is 0.217. The van der Waals surface area contributed by atoms with Gasteiger partial charge in [0.15, 0.2) is 0 Å². The van der Waals surface area contributed by atoms with Gasteiger partial charge >= 0.3 is 0 Å². The molecule has 0 aliphatic carbocycles. The second-order valence-corrected chi connectivity index (χ2v) is 8.38. The zero-order valence-electron chi connectivity index (χ0n) is 17.1. The maximum Gasteiger partial charge on any atom is 0.268 e. The first-order chi connectivity index (χ1) is 14.4. The predicted octanol–water partition coefficient (Wildman–Crippen LogP) is 4.75. The highest BCUT2D eigenvalue weighted by molar-refractivity contribution is 9.10. The van der Waals surface area contributed by atoms with E-state index in [4.69, 9.17) is 4.84 Å². The van der Waals surface area contributed by atoms with Gasteiger partial charge in [0.05, 0.1) is 29.3 Å². The van der Waals surface area contributed by atoms with Crippen LogP contribution in [0.15, 0.2) is 58.2 Å². The van der Waals surface area contributed by atoms with Gasteiger partial charge < -0.3 is 10.2 Å². The van der Waals surface area contributed by atoms with E-state index in [0.717, 1.165) is 32.8 Å². The number of rotatable bonds is 5. The van der Waals surface area contributed by atoms with Crippen LogP contribution in [0.3, 0.4) is 0 Å². The summed E-state index contributed by atoms with van der Waals surface area (Å²) in [4.78, 5) is 18.3. The van der Waals surface area contributed by atoms with Crippen LogP contribution in [0, 0.1) is 20.8 Å². The number of anilines is 1. The first-order valence-electron chi connectivity index (χ1n) is 9.80. The van der Waals surface area contributed by atoms with E-state index in [1.165, 1.54) is 11.1 Å². The molecular formula is C23H23BrN4O2. The fourth-order valence-corrected chi connectivity index (χ4v) is 3.94. The van der Waals surface area contributed by atoms with E-state index in [1.807, 2.05) is 54.9 Å². The molecule has 0 fully saturated rings. The number of hydrogen-bond acceptors (Lipinski definition) is 4. The molecule has 0 saturated carbocycles. The Labute approximate surface area is 184 Å².